The molecule has 1 heterocycles. The van der Waals surface area contributed by atoms with E-state index in [4.69, 9.17) is 11.6 Å². The molecule has 0 atom stereocenters. The van der Waals surface area contributed by atoms with Gasteiger partial charge in [-0.1, -0.05) is 23.7 Å². The maximum atomic E-state index is 13.8. The van der Waals surface area contributed by atoms with Crippen LogP contribution in [0.1, 0.15) is 11.1 Å². The van der Waals surface area contributed by atoms with Crippen LogP contribution in [0.4, 0.5) is 4.39 Å². The molecule has 0 aliphatic carbocycles. The summed E-state index contributed by atoms with van der Waals surface area (Å²) in [5.74, 6) is -0.223. The molecule has 3 aromatic rings. The van der Waals surface area contributed by atoms with Crippen LogP contribution in [0.25, 0.3) is 10.9 Å². The second-order valence-corrected chi connectivity index (χ2v) is 5.12. The molecule has 0 unspecified atom stereocenters. The minimum absolute atomic E-state index is 0.223. The fraction of sp³-hybridized carbons (Fsp3) is 0.125. The van der Waals surface area contributed by atoms with E-state index in [2.05, 4.69) is 19.1 Å². The summed E-state index contributed by atoms with van der Waals surface area (Å²) < 4.78 is 15.8. The van der Waals surface area contributed by atoms with E-state index < -0.39 is 0 Å². The molecule has 0 fully saturated rings. The lowest BCUT2D eigenvalue weighted by atomic mass is 10.1. The Labute approximate surface area is 116 Å². The van der Waals surface area contributed by atoms with Crippen LogP contribution in [0.5, 0.6) is 0 Å². The van der Waals surface area contributed by atoms with Crippen molar-refractivity contribution in [1.29, 1.82) is 0 Å². The SMILES string of the molecule is Cc1cccc2c1ccn2Cc1cc(Cl)ccc1F. The van der Waals surface area contributed by atoms with Gasteiger partial charge in [0.1, 0.15) is 5.82 Å². The van der Waals surface area contributed by atoms with Crippen molar-refractivity contribution in [2.75, 3.05) is 0 Å². The van der Waals surface area contributed by atoms with Crippen LogP contribution in [0.15, 0.2) is 48.7 Å². The van der Waals surface area contributed by atoms with Crippen molar-refractivity contribution in [3.8, 4) is 0 Å². The third kappa shape index (κ3) is 2.24. The summed E-state index contributed by atoms with van der Waals surface area (Å²) in [6, 6.07) is 12.9. The second kappa shape index (κ2) is 4.71. The van der Waals surface area contributed by atoms with Gasteiger partial charge in [0.2, 0.25) is 0 Å². The topological polar surface area (TPSA) is 4.93 Å². The lowest BCUT2D eigenvalue weighted by molar-refractivity contribution is 0.602. The minimum Gasteiger partial charge on any atom is -0.343 e. The average molecular weight is 274 g/mol. The van der Waals surface area contributed by atoms with Gasteiger partial charge in [0.25, 0.3) is 0 Å². The van der Waals surface area contributed by atoms with E-state index in [1.54, 1.807) is 12.1 Å². The number of rotatable bonds is 2. The molecule has 1 nitrogen and oxygen atoms in total. The first-order valence-corrected chi connectivity index (χ1v) is 6.51. The Hall–Kier alpha value is -1.80. The van der Waals surface area contributed by atoms with Crippen molar-refractivity contribution in [1.82, 2.24) is 4.57 Å². The van der Waals surface area contributed by atoms with Crippen molar-refractivity contribution in [2.24, 2.45) is 0 Å². The molecule has 0 amide bonds. The lowest BCUT2D eigenvalue weighted by Gasteiger charge is -2.08. The fourth-order valence-electron chi connectivity index (χ4n) is 2.36. The van der Waals surface area contributed by atoms with Crippen molar-refractivity contribution in [3.05, 3.63) is 70.6 Å². The summed E-state index contributed by atoms with van der Waals surface area (Å²) >= 11 is 5.92. The monoisotopic (exact) mass is 273 g/mol. The number of hydrogen-bond donors (Lipinski definition) is 0. The van der Waals surface area contributed by atoms with Crippen molar-refractivity contribution in [3.63, 3.8) is 0 Å². The Bertz CT molecular complexity index is 746. The molecular formula is C16H13ClFN. The van der Waals surface area contributed by atoms with E-state index in [1.807, 2.05) is 22.9 Å². The molecule has 3 rings (SSSR count). The molecule has 0 saturated heterocycles. The quantitative estimate of drug-likeness (QED) is 0.633. The number of fused-ring (bicyclic) bond motifs is 1. The molecule has 0 radical (unpaired) electrons. The molecule has 0 saturated carbocycles. The molecular weight excluding hydrogens is 261 g/mol. The van der Waals surface area contributed by atoms with Crippen LogP contribution >= 0.6 is 11.6 Å². The number of aryl methyl sites for hydroxylation is 1. The van der Waals surface area contributed by atoms with Crippen LogP contribution in [0.3, 0.4) is 0 Å². The van der Waals surface area contributed by atoms with Gasteiger partial charge in [0.05, 0.1) is 6.54 Å². The Morgan fingerprint density at radius 2 is 2.00 bits per heavy atom. The van der Waals surface area contributed by atoms with Crippen LogP contribution in [0, 0.1) is 12.7 Å². The van der Waals surface area contributed by atoms with Crippen LogP contribution in [-0.4, -0.2) is 4.57 Å². The zero-order chi connectivity index (χ0) is 13.4. The van der Waals surface area contributed by atoms with E-state index in [9.17, 15) is 4.39 Å². The largest absolute Gasteiger partial charge is 0.343 e. The molecule has 0 aliphatic heterocycles. The highest BCUT2D eigenvalue weighted by molar-refractivity contribution is 6.30. The smallest absolute Gasteiger partial charge is 0.128 e. The van der Waals surface area contributed by atoms with Crippen molar-refractivity contribution in [2.45, 2.75) is 13.5 Å². The first-order valence-electron chi connectivity index (χ1n) is 6.13. The highest BCUT2D eigenvalue weighted by Gasteiger charge is 2.07. The third-order valence-corrected chi connectivity index (χ3v) is 3.62. The lowest BCUT2D eigenvalue weighted by Crippen LogP contribution is -2.00. The number of aromatic nitrogens is 1. The number of hydrogen-bond acceptors (Lipinski definition) is 0. The van der Waals surface area contributed by atoms with Crippen molar-refractivity contribution < 1.29 is 4.39 Å². The summed E-state index contributed by atoms with van der Waals surface area (Å²) in [4.78, 5) is 0. The highest BCUT2D eigenvalue weighted by atomic mass is 35.5. The molecule has 0 bridgehead atoms. The van der Waals surface area contributed by atoms with Crippen LogP contribution in [0.2, 0.25) is 5.02 Å². The van der Waals surface area contributed by atoms with E-state index in [0.29, 0.717) is 17.1 Å². The van der Waals surface area contributed by atoms with E-state index in [-0.39, 0.29) is 5.82 Å². The van der Waals surface area contributed by atoms with Gasteiger partial charge in [-0.05, 0) is 42.8 Å². The summed E-state index contributed by atoms with van der Waals surface area (Å²) in [5, 5.41) is 1.76. The Balaban J connectivity index is 2.06. The number of halogens is 2. The number of benzene rings is 2. The van der Waals surface area contributed by atoms with Gasteiger partial charge in [0.15, 0.2) is 0 Å². The zero-order valence-corrected chi connectivity index (χ0v) is 11.3. The first-order chi connectivity index (χ1) is 9.15. The molecule has 96 valence electrons. The molecule has 3 heteroatoms. The second-order valence-electron chi connectivity index (χ2n) is 4.69. The van der Waals surface area contributed by atoms with E-state index in [1.165, 1.54) is 17.0 Å². The normalized spacial score (nSPS) is 11.1. The Morgan fingerprint density at radius 3 is 2.84 bits per heavy atom. The van der Waals surface area contributed by atoms with E-state index >= 15 is 0 Å². The Morgan fingerprint density at radius 1 is 1.16 bits per heavy atom. The summed E-state index contributed by atoms with van der Waals surface area (Å²) in [7, 11) is 0. The number of nitrogens with zero attached hydrogens (tertiary/aromatic N) is 1. The maximum absolute atomic E-state index is 13.8. The third-order valence-electron chi connectivity index (χ3n) is 3.38. The van der Waals surface area contributed by atoms with Gasteiger partial charge >= 0.3 is 0 Å². The van der Waals surface area contributed by atoms with Crippen LogP contribution < -0.4 is 0 Å². The molecule has 19 heavy (non-hydrogen) atoms. The van der Waals surface area contributed by atoms with Gasteiger partial charge in [0, 0.05) is 27.7 Å². The fourth-order valence-corrected chi connectivity index (χ4v) is 2.56. The summed E-state index contributed by atoms with van der Waals surface area (Å²) in [6.45, 7) is 2.56. The van der Waals surface area contributed by atoms with Crippen molar-refractivity contribution >= 4 is 22.5 Å². The predicted molar refractivity (Wildman–Crippen MR) is 77.2 cm³/mol. The first kappa shape index (κ1) is 12.2. The zero-order valence-electron chi connectivity index (χ0n) is 10.5. The van der Waals surface area contributed by atoms with Gasteiger partial charge in [-0.15, -0.1) is 0 Å². The maximum Gasteiger partial charge on any atom is 0.128 e. The summed E-state index contributed by atoms with van der Waals surface area (Å²) in [6.07, 6.45) is 1.98. The minimum atomic E-state index is -0.223. The molecule has 0 spiro atoms. The Kier molecular flexibility index (Phi) is 3.03. The highest BCUT2D eigenvalue weighted by Crippen LogP contribution is 2.22. The predicted octanol–water partition coefficient (Wildman–Crippen LogP) is 4.79. The van der Waals surface area contributed by atoms with Gasteiger partial charge in [-0.3, -0.25) is 0 Å². The van der Waals surface area contributed by atoms with Gasteiger partial charge < -0.3 is 4.57 Å². The molecule has 1 aromatic heterocycles. The van der Waals surface area contributed by atoms with E-state index in [0.717, 1.165) is 5.52 Å². The van der Waals surface area contributed by atoms with Crippen LogP contribution in [-0.2, 0) is 6.54 Å². The summed E-state index contributed by atoms with van der Waals surface area (Å²) in [5.41, 5.74) is 2.94. The molecule has 2 aromatic carbocycles. The van der Waals surface area contributed by atoms with Gasteiger partial charge in [-0.25, -0.2) is 4.39 Å². The molecule has 0 aliphatic rings. The standard InChI is InChI=1S/C16H13ClFN/c1-11-3-2-4-16-14(11)7-8-19(16)10-12-9-13(17)5-6-15(12)18/h2-9H,10H2,1H3. The van der Waals surface area contributed by atoms with Gasteiger partial charge in [-0.2, -0.15) is 0 Å². The average Bonchev–Trinajstić information content (AvgIpc) is 2.79. The molecule has 0 N–H and O–H groups in total.